The van der Waals surface area contributed by atoms with Gasteiger partial charge in [0, 0.05) is 52.8 Å². The Morgan fingerprint density at radius 2 is 0.984 bits per heavy atom. The van der Waals surface area contributed by atoms with Crippen LogP contribution in [-0.4, -0.2) is 19.5 Å². The van der Waals surface area contributed by atoms with E-state index in [-0.39, 0.29) is 0 Å². The van der Waals surface area contributed by atoms with Gasteiger partial charge in [-0.3, -0.25) is 0 Å². The van der Waals surface area contributed by atoms with E-state index in [1.165, 1.54) is 47.1 Å². The van der Waals surface area contributed by atoms with E-state index in [2.05, 4.69) is 187 Å². The predicted molar refractivity (Wildman–Crippen MR) is 263 cm³/mol. The van der Waals surface area contributed by atoms with Gasteiger partial charge in [0.2, 0.25) is 0 Å². The molecule has 292 valence electrons. The summed E-state index contributed by atoms with van der Waals surface area (Å²) in [6.45, 7) is 0. The third-order valence-electron chi connectivity index (χ3n) is 12.8. The molecule has 63 heavy (non-hydrogen) atoms. The van der Waals surface area contributed by atoms with Crippen LogP contribution < -0.4 is 0 Å². The molecule has 0 N–H and O–H groups in total. The second-order valence-corrected chi connectivity index (χ2v) is 17.4. The second kappa shape index (κ2) is 13.2. The van der Waals surface area contributed by atoms with Crippen molar-refractivity contribution >= 4 is 108 Å². The number of hydrogen-bond donors (Lipinski definition) is 0. The molecule has 0 aliphatic heterocycles. The molecule has 10 aromatic carbocycles. The number of benzene rings is 10. The van der Waals surface area contributed by atoms with Crippen molar-refractivity contribution in [1.29, 1.82) is 0 Å². The Morgan fingerprint density at radius 3 is 1.84 bits per heavy atom. The minimum Gasteiger partial charge on any atom is -0.456 e. The maximum Gasteiger partial charge on any atom is 0.166 e. The Kier molecular flexibility index (Phi) is 7.21. The first-order valence-corrected chi connectivity index (χ1v) is 22.0. The molecule has 0 fully saturated rings. The molecule has 0 unspecified atom stereocenters. The molecule has 4 heterocycles. The van der Waals surface area contributed by atoms with E-state index in [4.69, 9.17) is 19.4 Å². The van der Waals surface area contributed by atoms with Gasteiger partial charge >= 0.3 is 0 Å². The van der Waals surface area contributed by atoms with Crippen molar-refractivity contribution in [2.45, 2.75) is 0 Å². The van der Waals surface area contributed by atoms with Crippen LogP contribution in [0.5, 0.6) is 0 Å². The fraction of sp³-hybridized carbons (Fsp3) is 0. The average Bonchev–Trinajstić information content (AvgIpc) is 4.02. The highest BCUT2D eigenvalue weighted by atomic mass is 32.1. The Hall–Kier alpha value is -8.19. The van der Waals surface area contributed by atoms with E-state index in [9.17, 15) is 0 Å². The van der Waals surface area contributed by atoms with Crippen LogP contribution in [0, 0.1) is 0 Å². The number of fused-ring (bicyclic) bond motifs is 13. The summed E-state index contributed by atoms with van der Waals surface area (Å²) in [7, 11) is 0. The first-order valence-electron chi connectivity index (χ1n) is 21.2. The molecule has 0 aliphatic carbocycles. The molecule has 0 amide bonds. The minimum atomic E-state index is 0.572. The van der Waals surface area contributed by atoms with Crippen LogP contribution in [0.1, 0.15) is 0 Å². The smallest absolute Gasteiger partial charge is 0.166 e. The number of nitrogens with zero attached hydrogens (tertiary/aromatic N) is 4. The molecule has 5 nitrogen and oxygen atoms in total. The van der Waals surface area contributed by atoms with Gasteiger partial charge in [0.1, 0.15) is 11.2 Å². The summed E-state index contributed by atoms with van der Waals surface area (Å²) in [5.74, 6) is 1.80. The summed E-state index contributed by atoms with van der Waals surface area (Å²) in [6, 6.07) is 69.1. The average molecular weight is 821 g/mol. The van der Waals surface area contributed by atoms with Gasteiger partial charge in [-0.05, 0) is 80.8 Å². The maximum absolute atomic E-state index is 6.68. The van der Waals surface area contributed by atoms with Crippen molar-refractivity contribution in [3.63, 3.8) is 0 Å². The maximum atomic E-state index is 6.68. The van der Waals surface area contributed by atoms with E-state index in [0.29, 0.717) is 17.5 Å². The van der Waals surface area contributed by atoms with E-state index in [0.717, 1.165) is 71.5 Å². The van der Waals surface area contributed by atoms with Gasteiger partial charge in [0.05, 0.1) is 22.3 Å². The van der Waals surface area contributed by atoms with E-state index in [1.54, 1.807) is 11.3 Å². The molecule has 0 atom stereocenters. The van der Waals surface area contributed by atoms with Crippen LogP contribution in [0.15, 0.2) is 199 Å². The number of para-hydroxylation sites is 1. The third-order valence-corrected chi connectivity index (χ3v) is 14.0. The molecule has 14 aromatic rings. The van der Waals surface area contributed by atoms with Crippen LogP contribution in [0.4, 0.5) is 0 Å². The molecule has 6 heteroatoms. The highest BCUT2D eigenvalue weighted by Gasteiger charge is 2.26. The normalized spacial score (nSPS) is 12.1. The lowest BCUT2D eigenvalue weighted by atomic mass is 10.0. The standard InChI is InChI=1S/C57H32N4OS/c1-2-16-36-32-46-43(31-35(36)15-1)51-38-19-6-4-14-34(38)27-28-44(51)61(46)45-29-30-48-53(40-20-7-9-24-47(40)62-48)54(45)57-59-55(39-22-11-17-33-13-3-5-18-37(33)39)58-56(60-57)42-23-12-26-50-52(42)41-21-8-10-25-49(41)63-50/h1-32H. The molecule has 0 saturated heterocycles. The summed E-state index contributed by atoms with van der Waals surface area (Å²) in [5, 5.41) is 13.7. The fourth-order valence-electron chi connectivity index (χ4n) is 10.1. The Morgan fingerprint density at radius 1 is 0.365 bits per heavy atom. The Labute approximate surface area is 363 Å². The zero-order chi connectivity index (χ0) is 41.2. The van der Waals surface area contributed by atoms with Crippen molar-refractivity contribution in [3.05, 3.63) is 194 Å². The van der Waals surface area contributed by atoms with Gasteiger partial charge < -0.3 is 8.98 Å². The predicted octanol–water partition coefficient (Wildman–Crippen LogP) is 15.7. The number of furan rings is 1. The van der Waals surface area contributed by atoms with Gasteiger partial charge in [-0.1, -0.05) is 146 Å². The first kappa shape index (κ1) is 34.5. The molecular formula is C57H32N4OS. The van der Waals surface area contributed by atoms with E-state index < -0.39 is 0 Å². The zero-order valence-corrected chi connectivity index (χ0v) is 34.4. The van der Waals surface area contributed by atoms with Crippen LogP contribution in [0.3, 0.4) is 0 Å². The number of aromatic nitrogens is 4. The Bertz CT molecular complexity index is 4230. The van der Waals surface area contributed by atoms with Crippen LogP contribution in [-0.2, 0) is 0 Å². The van der Waals surface area contributed by atoms with Crippen LogP contribution in [0.25, 0.3) is 136 Å². The topological polar surface area (TPSA) is 56.7 Å². The van der Waals surface area contributed by atoms with Gasteiger partial charge in [-0.15, -0.1) is 11.3 Å². The molecule has 14 rings (SSSR count). The van der Waals surface area contributed by atoms with Gasteiger partial charge in [0.15, 0.2) is 17.5 Å². The molecule has 0 aliphatic rings. The zero-order valence-electron chi connectivity index (χ0n) is 33.6. The van der Waals surface area contributed by atoms with Crippen molar-refractivity contribution < 1.29 is 4.42 Å². The quantitative estimate of drug-likeness (QED) is 0.177. The van der Waals surface area contributed by atoms with Crippen molar-refractivity contribution in [3.8, 4) is 39.9 Å². The molecule has 0 radical (unpaired) electrons. The molecule has 0 bridgehead atoms. The largest absolute Gasteiger partial charge is 0.456 e. The number of rotatable bonds is 4. The first-order chi connectivity index (χ1) is 31.2. The Balaban J connectivity index is 1.17. The van der Waals surface area contributed by atoms with Crippen LogP contribution in [0.2, 0.25) is 0 Å². The molecule has 0 spiro atoms. The second-order valence-electron chi connectivity index (χ2n) is 16.3. The molecular weight excluding hydrogens is 789 g/mol. The number of hydrogen-bond acceptors (Lipinski definition) is 5. The monoisotopic (exact) mass is 820 g/mol. The highest BCUT2D eigenvalue weighted by Crippen LogP contribution is 2.46. The summed E-state index contributed by atoms with van der Waals surface area (Å²) in [5.41, 5.74) is 7.54. The van der Waals surface area contributed by atoms with Crippen molar-refractivity contribution in [1.82, 2.24) is 19.5 Å². The SMILES string of the molecule is c1ccc2cc3c(cc2c1)c1c2ccccc2ccc1n3-c1ccc2oc3ccccc3c2c1-c1nc(-c2cccc3ccccc23)nc(-c2cccc3sc4ccccc4c23)n1. The van der Waals surface area contributed by atoms with Gasteiger partial charge in [-0.25, -0.2) is 15.0 Å². The van der Waals surface area contributed by atoms with Crippen molar-refractivity contribution in [2.75, 3.05) is 0 Å². The molecule has 0 saturated carbocycles. The van der Waals surface area contributed by atoms with Crippen molar-refractivity contribution in [2.24, 2.45) is 0 Å². The van der Waals surface area contributed by atoms with Crippen LogP contribution >= 0.6 is 11.3 Å². The summed E-state index contributed by atoms with van der Waals surface area (Å²) in [4.78, 5) is 16.6. The lowest BCUT2D eigenvalue weighted by molar-refractivity contribution is 0.669. The lowest BCUT2D eigenvalue weighted by Gasteiger charge is -2.16. The van der Waals surface area contributed by atoms with Gasteiger partial charge in [0.25, 0.3) is 0 Å². The highest BCUT2D eigenvalue weighted by molar-refractivity contribution is 7.25. The number of thiophene rings is 1. The summed E-state index contributed by atoms with van der Waals surface area (Å²) >= 11 is 1.80. The van der Waals surface area contributed by atoms with E-state index >= 15 is 0 Å². The fourth-order valence-corrected chi connectivity index (χ4v) is 11.2. The lowest BCUT2D eigenvalue weighted by Crippen LogP contribution is -2.04. The summed E-state index contributed by atoms with van der Waals surface area (Å²) < 4.78 is 11.5. The van der Waals surface area contributed by atoms with Gasteiger partial charge in [-0.2, -0.15) is 0 Å². The third kappa shape index (κ3) is 5.07. The molecule has 4 aromatic heterocycles. The summed E-state index contributed by atoms with van der Waals surface area (Å²) in [6.07, 6.45) is 0. The minimum absolute atomic E-state index is 0.572. The van der Waals surface area contributed by atoms with E-state index in [1.807, 2.05) is 12.1 Å².